The largest absolute Gasteiger partial charge is 0.677 e. The summed E-state index contributed by atoms with van der Waals surface area (Å²) in [6, 6.07) is 43.0. The van der Waals surface area contributed by atoms with E-state index in [-0.39, 0.29) is 6.98 Å². The number of nitrogens with zero attached hydrogens (tertiary/aromatic N) is 5. The molecule has 0 amide bonds. The topological polar surface area (TPSA) is 27.8 Å². The van der Waals surface area contributed by atoms with E-state index in [0.29, 0.717) is 11.8 Å². The van der Waals surface area contributed by atoms with Crippen LogP contribution >= 0.6 is 0 Å². The summed E-state index contributed by atoms with van der Waals surface area (Å²) in [5, 5.41) is 0. The van der Waals surface area contributed by atoms with Gasteiger partial charge in [-0.05, 0) is 71.5 Å². The number of hydrogen-bond acceptors (Lipinski definition) is 4. The lowest BCUT2D eigenvalue weighted by molar-refractivity contribution is -0.621. The van der Waals surface area contributed by atoms with E-state index in [4.69, 9.17) is 4.74 Å². The molecule has 3 heterocycles. The molecule has 0 saturated carbocycles. The molecule has 48 heavy (non-hydrogen) atoms. The molecule has 1 aromatic heterocycles. The number of anilines is 5. The molecule has 0 spiro atoms. The van der Waals surface area contributed by atoms with Crippen LogP contribution < -0.4 is 29.4 Å². The number of ether oxygens (including phenoxy) is 1. The summed E-state index contributed by atoms with van der Waals surface area (Å²) >= 11 is 0. The lowest BCUT2D eigenvalue weighted by Gasteiger charge is -2.31. The zero-order valence-corrected chi connectivity index (χ0v) is 28.3. The molecule has 0 atom stereocenters. The van der Waals surface area contributed by atoms with Crippen molar-refractivity contribution in [3.8, 4) is 17.2 Å². The van der Waals surface area contributed by atoms with Gasteiger partial charge in [0.1, 0.15) is 23.9 Å². The van der Waals surface area contributed by atoms with Crippen molar-refractivity contribution >= 4 is 40.9 Å². The Balaban J connectivity index is 1.12. The summed E-state index contributed by atoms with van der Waals surface area (Å²) in [6.07, 6.45) is 4.34. The smallest absolute Gasteiger partial charge is 0.457 e. The predicted octanol–water partition coefficient (Wildman–Crippen LogP) is 8.74. The third-order valence-corrected chi connectivity index (χ3v) is 9.76. The van der Waals surface area contributed by atoms with E-state index in [1.165, 1.54) is 39.3 Å². The van der Waals surface area contributed by atoms with Gasteiger partial charge in [-0.1, -0.05) is 82.3 Å². The Bertz CT molecular complexity index is 2080. The van der Waals surface area contributed by atoms with Gasteiger partial charge in [0, 0.05) is 42.1 Å². The first-order valence-corrected chi connectivity index (χ1v) is 16.9. The molecule has 0 fully saturated rings. The zero-order valence-electron chi connectivity index (χ0n) is 28.3. The molecule has 0 saturated heterocycles. The summed E-state index contributed by atoms with van der Waals surface area (Å²) in [4.78, 5) is 7.11. The molecule has 6 nitrogen and oxygen atoms in total. The van der Waals surface area contributed by atoms with E-state index in [1.54, 1.807) is 0 Å². The van der Waals surface area contributed by atoms with Crippen molar-refractivity contribution in [2.24, 2.45) is 0 Å². The van der Waals surface area contributed by atoms with E-state index < -0.39 is 0 Å². The molecule has 2 aliphatic rings. The molecule has 5 aromatic carbocycles. The Hall–Kier alpha value is -5.43. The van der Waals surface area contributed by atoms with Crippen molar-refractivity contribution in [2.75, 3.05) is 28.3 Å². The normalized spacial score (nSPS) is 13.6. The highest BCUT2D eigenvalue weighted by molar-refractivity contribution is 6.70. The molecular formula is C41H41BN5O+. The van der Waals surface area contributed by atoms with E-state index in [0.717, 1.165) is 29.5 Å². The Labute approximate surface area is 284 Å². The van der Waals surface area contributed by atoms with Crippen LogP contribution in [0.15, 0.2) is 134 Å². The highest BCUT2D eigenvalue weighted by Crippen LogP contribution is 2.44. The lowest BCUT2D eigenvalue weighted by atomic mass is 9.59. The molecule has 238 valence electrons. The number of aromatic nitrogens is 2. The number of fused-ring (bicyclic) bond motifs is 4. The molecule has 7 heteroatoms. The van der Waals surface area contributed by atoms with E-state index in [9.17, 15) is 0 Å². The Morgan fingerprint density at radius 1 is 0.604 bits per heavy atom. The highest BCUT2D eigenvalue weighted by Gasteiger charge is 2.48. The standard InChI is InChI=1S/C41H41BN5O/c1-29(2)35-18-12-19-36(30(3)4)41(35)42-43(5)37-23-22-34(27-40(37)46-24-13-25-47(42)46)48-33-17-11-16-32(26-33)45-28-44(31-14-7-6-8-15-31)38-20-9-10-21-39(38)45/h6-27,29-30H,28H2,1-5H3/q+1. The van der Waals surface area contributed by atoms with Gasteiger partial charge >= 0.3 is 6.98 Å². The van der Waals surface area contributed by atoms with Crippen LogP contribution in [-0.4, -0.2) is 25.4 Å². The van der Waals surface area contributed by atoms with Crippen molar-refractivity contribution in [3.05, 3.63) is 145 Å². The quantitative estimate of drug-likeness (QED) is 0.165. The summed E-state index contributed by atoms with van der Waals surface area (Å²) in [6.45, 7) is 9.94. The van der Waals surface area contributed by atoms with Crippen molar-refractivity contribution in [1.29, 1.82) is 0 Å². The summed E-state index contributed by atoms with van der Waals surface area (Å²) in [5.74, 6) is 2.44. The molecule has 2 aliphatic heterocycles. The lowest BCUT2D eigenvalue weighted by Crippen LogP contribution is -2.74. The first kappa shape index (κ1) is 29.9. The van der Waals surface area contributed by atoms with E-state index in [2.05, 4.69) is 186 Å². The van der Waals surface area contributed by atoms with Gasteiger partial charge in [0.25, 0.3) is 0 Å². The SMILES string of the molecule is CC(C)c1cccc(C(C)C)c1B1N(C)c2ccc(Oc3cccc(N4CN(c5ccccc5)c5ccccc54)c3)cc2-n2ccc[n+]21. The molecule has 0 unspecified atom stereocenters. The van der Waals surface area contributed by atoms with Gasteiger partial charge in [0.05, 0.1) is 23.3 Å². The van der Waals surface area contributed by atoms with Crippen LogP contribution in [-0.2, 0) is 0 Å². The van der Waals surface area contributed by atoms with Crippen LogP contribution in [0.1, 0.15) is 50.7 Å². The maximum absolute atomic E-state index is 6.60. The van der Waals surface area contributed by atoms with Gasteiger partial charge in [-0.15, -0.1) is 4.68 Å². The molecule has 0 N–H and O–H groups in total. The summed E-state index contributed by atoms with van der Waals surface area (Å²) < 4.78 is 11.2. The molecule has 6 aromatic rings. The van der Waals surface area contributed by atoms with Crippen LogP contribution in [0.4, 0.5) is 28.4 Å². The van der Waals surface area contributed by atoms with Gasteiger partial charge in [0.15, 0.2) is 6.20 Å². The van der Waals surface area contributed by atoms with Crippen molar-refractivity contribution < 1.29 is 9.33 Å². The average molecular weight is 631 g/mol. The first-order valence-electron chi connectivity index (χ1n) is 16.9. The first-order chi connectivity index (χ1) is 23.4. The average Bonchev–Trinajstić information content (AvgIpc) is 3.75. The van der Waals surface area contributed by atoms with E-state index in [1.807, 2.05) is 6.07 Å². The molecular weight excluding hydrogens is 589 g/mol. The zero-order chi connectivity index (χ0) is 32.9. The second kappa shape index (κ2) is 12.0. The summed E-state index contributed by atoms with van der Waals surface area (Å²) in [5.41, 5.74) is 11.1. The van der Waals surface area contributed by atoms with Crippen LogP contribution in [0.5, 0.6) is 11.5 Å². The van der Waals surface area contributed by atoms with Gasteiger partial charge in [0.2, 0.25) is 0 Å². The monoisotopic (exact) mass is 630 g/mol. The second-order valence-electron chi connectivity index (χ2n) is 13.4. The third-order valence-electron chi connectivity index (χ3n) is 9.76. The second-order valence-corrected chi connectivity index (χ2v) is 13.4. The summed E-state index contributed by atoms with van der Waals surface area (Å²) in [7, 11) is 2.21. The number of rotatable bonds is 7. The fraction of sp³-hybridized carbons (Fsp3) is 0.195. The molecule has 0 bridgehead atoms. The Morgan fingerprint density at radius 3 is 1.94 bits per heavy atom. The van der Waals surface area contributed by atoms with Gasteiger partial charge in [-0.2, -0.15) is 4.59 Å². The van der Waals surface area contributed by atoms with E-state index >= 15 is 0 Å². The highest BCUT2D eigenvalue weighted by atomic mass is 16.5. The minimum absolute atomic E-state index is 0.0331. The fourth-order valence-electron chi connectivity index (χ4n) is 7.47. The fourth-order valence-corrected chi connectivity index (χ4v) is 7.47. The Kier molecular flexibility index (Phi) is 7.48. The van der Waals surface area contributed by atoms with Crippen molar-refractivity contribution in [1.82, 2.24) is 4.68 Å². The van der Waals surface area contributed by atoms with Crippen molar-refractivity contribution in [2.45, 2.75) is 39.5 Å². The maximum Gasteiger partial charge on any atom is 0.677 e. The molecule has 0 aliphatic carbocycles. The van der Waals surface area contributed by atoms with Crippen molar-refractivity contribution in [3.63, 3.8) is 0 Å². The maximum atomic E-state index is 6.60. The minimum Gasteiger partial charge on any atom is -0.457 e. The van der Waals surface area contributed by atoms with Crippen LogP contribution in [0.3, 0.4) is 0 Å². The number of para-hydroxylation sites is 3. The molecule has 0 radical (unpaired) electrons. The van der Waals surface area contributed by atoms with Gasteiger partial charge in [-0.25, -0.2) is 0 Å². The van der Waals surface area contributed by atoms with Crippen LogP contribution in [0.25, 0.3) is 5.69 Å². The van der Waals surface area contributed by atoms with Gasteiger partial charge < -0.3 is 19.3 Å². The van der Waals surface area contributed by atoms with Gasteiger partial charge in [-0.3, -0.25) is 0 Å². The predicted molar refractivity (Wildman–Crippen MR) is 198 cm³/mol. The number of hydrogen-bond donors (Lipinski definition) is 0. The molecule has 8 rings (SSSR count). The van der Waals surface area contributed by atoms with Crippen LogP contribution in [0.2, 0.25) is 0 Å². The number of benzene rings is 5. The third kappa shape index (κ3) is 5.01. The Morgan fingerprint density at radius 2 is 1.23 bits per heavy atom. The minimum atomic E-state index is 0.0331. The van der Waals surface area contributed by atoms with Crippen LogP contribution in [0, 0.1) is 0 Å².